The standard InChI is InChI=1S/C19H13N/c1-2-11-6-9-15-18-16(11)13(3-1)14-8-7-12(10-4-5-10)19(20-15)17(14)18/h1-3,6-10,20H,4-5H2. The molecular formula is C19H13N. The van der Waals surface area contributed by atoms with Gasteiger partial charge in [0.25, 0.3) is 0 Å². The molecular weight excluding hydrogens is 242 g/mol. The number of fused-ring (bicyclic) bond motifs is 1. The van der Waals surface area contributed by atoms with Gasteiger partial charge in [0.1, 0.15) is 0 Å². The minimum Gasteiger partial charge on any atom is -0.354 e. The summed E-state index contributed by atoms with van der Waals surface area (Å²) in [5.41, 5.74) is 7.05. The Hall–Kier alpha value is -2.28. The normalized spacial score (nSPS) is 16.4. The Kier molecular flexibility index (Phi) is 1.39. The summed E-state index contributed by atoms with van der Waals surface area (Å²) in [6, 6.07) is 15.9. The van der Waals surface area contributed by atoms with Gasteiger partial charge in [0.2, 0.25) is 0 Å². The van der Waals surface area contributed by atoms with Crippen LogP contribution in [0.25, 0.3) is 43.7 Å². The minimum atomic E-state index is 0.788. The van der Waals surface area contributed by atoms with Gasteiger partial charge in [0.15, 0.2) is 0 Å². The summed E-state index contributed by atoms with van der Waals surface area (Å²) in [5, 5.41) is 5.72. The van der Waals surface area contributed by atoms with Gasteiger partial charge < -0.3 is 4.98 Å². The van der Waals surface area contributed by atoms with E-state index in [1.54, 1.807) is 0 Å². The van der Waals surface area contributed by atoms with Crippen LogP contribution in [0.5, 0.6) is 0 Å². The highest BCUT2D eigenvalue weighted by molar-refractivity contribution is 6.33. The summed E-state index contributed by atoms with van der Waals surface area (Å²) >= 11 is 0. The Balaban J connectivity index is 1.97. The van der Waals surface area contributed by atoms with Gasteiger partial charge in [-0.15, -0.1) is 0 Å². The van der Waals surface area contributed by atoms with Gasteiger partial charge in [-0.2, -0.15) is 0 Å². The molecule has 1 heterocycles. The molecule has 3 aromatic carbocycles. The highest BCUT2D eigenvalue weighted by Gasteiger charge is 2.29. The first-order valence-electron chi connectivity index (χ1n) is 7.42. The van der Waals surface area contributed by atoms with Crippen LogP contribution in [-0.2, 0) is 0 Å². The molecule has 1 nitrogen and oxygen atoms in total. The smallest absolute Gasteiger partial charge is 0.0506 e. The average molecular weight is 255 g/mol. The molecule has 2 aliphatic rings. The molecule has 0 radical (unpaired) electrons. The van der Waals surface area contributed by atoms with Crippen molar-refractivity contribution in [2.45, 2.75) is 18.8 Å². The lowest BCUT2D eigenvalue weighted by atomic mass is 10.00. The third-order valence-corrected chi connectivity index (χ3v) is 5.10. The van der Waals surface area contributed by atoms with Crippen LogP contribution in [0, 0.1) is 0 Å². The van der Waals surface area contributed by atoms with E-state index in [-0.39, 0.29) is 0 Å². The quantitative estimate of drug-likeness (QED) is 0.416. The van der Waals surface area contributed by atoms with Crippen molar-refractivity contribution in [1.29, 1.82) is 0 Å². The highest BCUT2D eigenvalue weighted by atomic mass is 14.7. The molecule has 1 heteroatoms. The predicted octanol–water partition coefficient (Wildman–Crippen LogP) is 5.33. The molecule has 0 saturated heterocycles. The lowest BCUT2D eigenvalue weighted by Gasteiger charge is -2.06. The van der Waals surface area contributed by atoms with Crippen LogP contribution in [0.1, 0.15) is 24.3 Å². The lowest BCUT2D eigenvalue weighted by Crippen LogP contribution is -1.85. The largest absolute Gasteiger partial charge is 0.354 e. The van der Waals surface area contributed by atoms with Crippen molar-refractivity contribution in [2.24, 2.45) is 0 Å². The fourth-order valence-electron chi connectivity index (χ4n) is 4.07. The van der Waals surface area contributed by atoms with Crippen molar-refractivity contribution in [2.75, 3.05) is 0 Å². The van der Waals surface area contributed by atoms with Gasteiger partial charge in [-0.3, -0.25) is 0 Å². The molecule has 94 valence electrons. The second-order valence-corrected chi connectivity index (χ2v) is 6.24. The number of benzene rings is 3. The van der Waals surface area contributed by atoms with E-state index < -0.39 is 0 Å². The molecule has 2 aliphatic carbocycles. The van der Waals surface area contributed by atoms with Gasteiger partial charge >= 0.3 is 0 Å². The summed E-state index contributed by atoms with van der Waals surface area (Å²) < 4.78 is 0. The zero-order chi connectivity index (χ0) is 12.8. The van der Waals surface area contributed by atoms with E-state index in [1.165, 1.54) is 62.1 Å². The molecule has 1 saturated carbocycles. The first kappa shape index (κ1) is 9.60. The molecule has 0 spiro atoms. The van der Waals surface area contributed by atoms with Crippen LogP contribution >= 0.6 is 0 Å². The van der Waals surface area contributed by atoms with E-state index in [0.29, 0.717) is 0 Å². The SMILES string of the molecule is c1cc2c3c(c1)ccc1[nH]c4c(C5CC5)ccc-2c4c13. The van der Waals surface area contributed by atoms with Gasteiger partial charge in [0.05, 0.1) is 5.52 Å². The molecule has 20 heavy (non-hydrogen) atoms. The Labute approximate surface area is 116 Å². The number of aromatic amines is 1. The second kappa shape index (κ2) is 2.90. The van der Waals surface area contributed by atoms with E-state index in [9.17, 15) is 0 Å². The number of aromatic nitrogens is 1. The van der Waals surface area contributed by atoms with E-state index in [2.05, 4.69) is 47.4 Å². The highest BCUT2D eigenvalue weighted by Crippen LogP contribution is 2.51. The summed E-state index contributed by atoms with van der Waals surface area (Å²) in [5.74, 6) is 0.788. The van der Waals surface area contributed by atoms with E-state index >= 15 is 0 Å². The van der Waals surface area contributed by atoms with Crippen LogP contribution in [0.3, 0.4) is 0 Å². The average Bonchev–Trinajstić information content (AvgIpc) is 3.16. The molecule has 6 rings (SSSR count). The minimum absolute atomic E-state index is 0.788. The van der Waals surface area contributed by atoms with Crippen molar-refractivity contribution in [3.05, 3.63) is 48.0 Å². The third kappa shape index (κ3) is 0.924. The Morgan fingerprint density at radius 1 is 0.800 bits per heavy atom. The van der Waals surface area contributed by atoms with Crippen LogP contribution in [0.15, 0.2) is 42.5 Å². The number of H-pyrrole nitrogens is 1. The topological polar surface area (TPSA) is 15.8 Å². The molecule has 1 aromatic heterocycles. The van der Waals surface area contributed by atoms with Gasteiger partial charge in [-0.25, -0.2) is 0 Å². The lowest BCUT2D eigenvalue weighted by molar-refractivity contribution is 1.14. The monoisotopic (exact) mass is 255 g/mol. The Morgan fingerprint density at radius 2 is 1.70 bits per heavy atom. The third-order valence-electron chi connectivity index (χ3n) is 5.10. The molecule has 0 aliphatic heterocycles. The number of rotatable bonds is 1. The second-order valence-electron chi connectivity index (χ2n) is 6.24. The summed E-state index contributed by atoms with van der Waals surface area (Å²) in [6.45, 7) is 0. The van der Waals surface area contributed by atoms with Gasteiger partial charge in [0, 0.05) is 16.3 Å². The summed E-state index contributed by atoms with van der Waals surface area (Å²) in [7, 11) is 0. The fourth-order valence-corrected chi connectivity index (χ4v) is 4.07. The molecule has 0 bridgehead atoms. The zero-order valence-electron chi connectivity index (χ0n) is 11.0. The van der Waals surface area contributed by atoms with E-state index in [0.717, 1.165) is 5.92 Å². The van der Waals surface area contributed by atoms with Crippen molar-refractivity contribution >= 4 is 32.6 Å². The number of hydrogen-bond acceptors (Lipinski definition) is 0. The Bertz CT molecular complexity index is 1050. The van der Waals surface area contributed by atoms with E-state index in [4.69, 9.17) is 0 Å². The molecule has 0 amide bonds. The summed E-state index contributed by atoms with van der Waals surface area (Å²) in [6.07, 6.45) is 2.71. The first-order chi connectivity index (χ1) is 9.92. The van der Waals surface area contributed by atoms with Crippen LogP contribution in [-0.4, -0.2) is 4.98 Å². The Morgan fingerprint density at radius 3 is 2.60 bits per heavy atom. The maximum absolute atomic E-state index is 3.69. The molecule has 4 aromatic rings. The fraction of sp³-hybridized carbons (Fsp3) is 0.158. The maximum Gasteiger partial charge on any atom is 0.0506 e. The maximum atomic E-state index is 3.69. The van der Waals surface area contributed by atoms with Crippen LogP contribution in [0.2, 0.25) is 0 Å². The van der Waals surface area contributed by atoms with Gasteiger partial charge in [-0.05, 0) is 52.3 Å². The molecule has 1 fully saturated rings. The van der Waals surface area contributed by atoms with Crippen molar-refractivity contribution in [3.8, 4) is 11.1 Å². The van der Waals surface area contributed by atoms with Crippen molar-refractivity contribution in [3.63, 3.8) is 0 Å². The van der Waals surface area contributed by atoms with Crippen LogP contribution in [0.4, 0.5) is 0 Å². The first-order valence-corrected chi connectivity index (χ1v) is 7.42. The number of nitrogens with one attached hydrogen (secondary N) is 1. The number of hydrogen-bond donors (Lipinski definition) is 1. The van der Waals surface area contributed by atoms with Crippen LogP contribution < -0.4 is 0 Å². The summed E-state index contributed by atoms with van der Waals surface area (Å²) in [4.78, 5) is 3.69. The van der Waals surface area contributed by atoms with Crippen molar-refractivity contribution < 1.29 is 0 Å². The molecule has 1 N–H and O–H groups in total. The predicted molar refractivity (Wildman–Crippen MR) is 84.3 cm³/mol. The molecule has 0 atom stereocenters. The molecule has 0 unspecified atom stereocenters. The van der Waals surface area contributed by atoms with Gasteiger partial charge in [-0.1, -0.05) is 36.4 Å². The van der Waals surface area contributed by atoms with Crippen molar-refractivity contribution in [1.82, 2.24) is 4.98 Å². The zero-order valence-corrected chi connectivity index (χ0v) is 11.0. The van der Waals surface area contributed by atoms with E-state index in [1.807, 2.05) is 0 Å².